The van der Waals surface area contributed by atoms with Crippen LogP contribution in [-0.4, -0.2) is 51.8 Å². The molecule has 52 heavy (non-hydrogen) atoms. The Morgan fingerprint density at radius 3 is 1.88 bits per heavy atom. The first-order valence-electron chi connectivity index (χ1n) is 13.9. The van der Waals surface area contributed by atoms with Crippen molar-refractivity contribution in [3.8, 4) is 5.75 Å². The van der Waals surface area contributed by atoms with Crippen molar-refractivity contribution in [1.29, 1.82) is 0 Å². The number of benzene rings is 2. The van der Waals surface area contributed by atoms with Gasteiger partial charge in [-0.05, 0) is 49.8 Å². The number of rotatable bonds is 13. The number of anilines is 1. The van der Waals surface area contributed by atoms with Crippen LogP contribution in [0.3, 0.4) is 0 Å². The van der Waals surface area contributed by atoms with Crippen molar-refractivity contribution in [2.75, 3.05) is 5.43 Å². The number of ether oxygens (including phenoxy) is 1. The number of alkyl halides is 15. The Morgan fingerprint density at radius 1 is 0.692 bits per heavy atom. The lowest BCUT2D eigenvalue weighted by molar-refractivity contribution is -0.454. The molecule has 0 radical (unpaired) electrons. The first kappa shape index (κ1) is 41.2. The lowest BCUT2D eigenvalue weighted by Gasteiger charge is -2.41. The number of para-hydroxylation sites is 1. The van der Waals surface area contributed by atoms with Gasteiger partial charge in [0.25, 0.3) is 0 Å². The summed E-state index contributed by atoms with van der Waals surface area (Å²) in [5.41, 5.74) is 4.64. The third-order valence-electron chi connectivity index (χ3n) is 6.75. The molecule has 3 N–H and O–H groups in total. The standard InChI is InChI=1S/C30H22F15N5O2/c1-16-11-12-20(17(2)15-16)52-14-8-4-3-7-13-46-23(51)50-49-21-18-9-5-6-10-19(18)47-22(48-21)24(31,32)25(33,34)26(35,36)27(37,38)28(39,40)29(41,42)30(43,44)45/h3-15H,1-2H3,(H2,46,50,51)(H,47,48,49)/b4-3+,13-7+,14-8+. The number of carbonyl (C=O) groups is 1. The Morgan fingerprint density at radius 2 is 1.27 bits per heavy atom. The van der Waals surface area contributed by atoms with Crippen molar-refractivity contribution < 1.29 is 75.4 Å². The topological polar surface area (TPSA) is 88.2 Å². The minimum Gasteiger partial charge on any atom is -0.465 e. The second-order valence-corrected chi connectivity index (χ2v) is 10.5. The predicted molar refractivity (Wildman–Crippen MR) is 153 cm³/mol. The number of allylic oxidation sites excluding steroid dienone is 4. The molecule has 2 aromatic carbocycles. The third kappa shape index (κ3) is 7.54. The summed E-state index contributed by atoms with van der Waals surface area (Å²) in [5.74, 6) is -51.4. The van der Waals surface area contributed by atoms with E-state index in [4.69, 9.17) is 4.74 Å². The van der Waals surface area contributed by atoms with Crippen LogP contribution >= 0.6 is 0 Å². The third-order valence-corrected chi connectivity index (χ3v) is 6.75. The summed E-state index contributed by atoms with van der Waals surface area (Å²) in [5, 5.41) is 1.63. The average molecular weight is 770 g/mol. The lowest BCUT2D eigenvalue weighted by Crippen LogP contribution is -2.72. The maximum absolute atomic E-state index is 14.9. The van der Waals surface area contributed by atoms with Gasteiger partial charge in [0.15, 0.2) is 5.82 Å². The fourth-order valence-electron chi connectivity index (χ4n) is 3.97. The average Bonchev–Trinajstić information content (AvgIpc) is 3.04. The molecule has 3 rings (SSSR count). The summed E-state index contributed by atoms with van der Waals surface area (Å²) in [6.45, 7) is 3.73. The summed E-state index contributed by atoms with van der Waals surface area (Å²) < 4.78 is 211. The van der Waals surface area contributed by atoms with Gasteiger partial charge in [0.05, 0.1) is 11.8 Å². The highest BCUT2D eigenvalue weighted by atomic mass is 19.4. The zero-order valence-corrected chi connectivity index (χ0v) is 25.9. The summed E-state index contributed by atoms with van der Waals surface area (Å²) in [4.78, 5) is 17.7. The van der Waals surface area contributed by atoms with Gasteiger partial charge in [-0.15, -0.1) is 0 Å². The van der Waals surface area contributed by atoms with Crippen molar-refractivity contribution in [2.24, 2.45) is 0 Å². The molecule has 0 aliphatic rings. The van der Waals surface area contributed by atoms with Crippen LogP contribution in [0, 0.1) is 13.8 Å². The number of carbonyl (C=O) groups excluding carboxylic acids is 1. The number of aryl methyl sites for hydroxylation is 2. The van der Waals surface area contributed by atoms with E-state index < -0.39 is 70.3 Å². The number of hydrogen-bond donors (Lipinski definition) is 3. The molecule has 0 fully saturated rings. The molecule has 0 spiro atoms. The minimum atomic E-state index is -8.48. The number of amides is 2. The molecule has 22 heteroatoms. The molecule has 0 aliphatic heterocycles. The monoisotopic (exact) mass is 769 g/mol. The number of fused-ring (bicyclic) bond motifs is 1. The highest BCUT2D eigenvalue weighted by Gasteiger charge is 2.93. The number of nitrogens with zero attached hydrogens (tertiary/aromatic N) is 2. The molecule has 0 bridgehead atoms. The summed E-state index contributed by atoms with van der Waals surface area (Å²) in [7, 11) is 0. The zero-order chi connectivity index (χ0) is 39.6. The van der Waals surface area contributed by atoms with Crippen molar-refractivity contribution >= 4 is 22.8 Å². The van der Waals surface area contributed by atoms with E-state index in [1.54, 1.807) is 11.5 Å². The first-order chi connectivity index (χ1) is 23.7. The van der Waals surface area contributed by atoms with Crippen LogP contribution in [0.4, 0.5) is 76.5 Å². The highest BCUT2D eigenvalue weighted by molar-refractivity contribution is 5.90. The first-order valence-corrected chi connectivity index (χ1v) is 13.9. The van der Waals surface area contributed by atoms with E-state index in [0.29, 0.717) is 5.75 Å². The van der Waals surface area contributed by atoms with Crippen LogP contribution in [0.5, 0.6) is 5.75 Å². The number of aromatic nitrogens is 2. The number of urea groups is 1. The van der Waals surface area contributed by atoms with Gasteiger partial charge >= 0.3 is 47.7 Å². The van der Waals surface area contributed by atoms with Gasteiger partial charge in [-0.3, -0.25) is 10.9 Å². The quantitative estimate of drug-likeness (QED) is 0.0699. The molecule has 284 valence electrons. The molecule has 0 atom stereocenters. The van der Waals surface area contributed by atoms with Crippen molar-refractivity contribution in [2.45, 2.75) is 55.6 Å². The molecule has 7 nitrogen and oxygen atoms in total. The maximum Gasteiger partial charge on any atom is 0.460 e. The molecule has 0 saturated heterocycles. The summed E-state index contributed by atoms with van der Waals surface area (Å²) >= 11 is 0. The Hall–Kier alpha value is -5.18. The smallest absolute Gasteiger partial charge is 0.460 e. The molecule has 0 aliphatic carbocycles. The van der Waals surface area contributed by atoms with Crippen LogP contribution in [0.1, 0.15) is 17.0 Å². The van der Waals surface area contributed by atoms with Crippen LogP contribution < -0.4 is 20.9 Å². The largest absolute Gasteiger partial charge is 0.465 e. The highest BCUT2D eigenvalue weighted by Crippen LogP contribution is 2.63. The Labute approximate surface area is 282 Å². The Kier molecular flexibility index (Phi) is 11.5. The molecular formula is C30H22F15N5O2. The van der Waals surface area contributed by atoms with E-state index in [9.17, 15) is 70.7 Å². The Balaban J connectivity index is 1.81. The van der Waals surface area contributed by atoms with Gasteiger partial charge in [0, 0.05) is 11.6 Å². The summed E-state index contributed by atoms with van der Waals surface area (Å²) in [6, 6.07) is 8.11. The van der Waals surface area contributed by atoms with Crippen molar-refractivity contribution in [3.05, 3.63) is 96.2 Å². The maximum atomic E-state index is 14.9. The van der Waals surface area contributed by atoms with Gasteiger partial charge in [0.2, 0.25) is 5.82 Å². The predicted octanol–water partition coefficient (Wildman–Crippen LogP) is 9.37. The normalized spacial score (nSPS) is 14.1. The minimum absolute atomic E-state index is 0.438. The van der Waals surface area contributed by atoms with E-state index in [1.807, 2.05) is 31.4 Å². The molecule has 0 unspecified atom stereocenters. The van der Waals surface area contributed by atoms with E-state index >= 15 is 0 Å². The van der Waals surface area contributed by atoms with Crippen LogP contribution in [0.15, 0.2) is 79.2 Å². The molecular weight excluding hydrogens is 747 g/mol. The fourth-order valence-corrected chi connectivity index (χ4v) is 3.97. The zero-order valence-electron chi connectivity index (χ0n) is 25.9. The SMILES string of the molecule is Cc1ccc(O/C=C/C=C/C=C/NC(=O)NNc2nc(C(F)(F)C(F)(F)C(F)(F)C(F)(F)C(F)(F)C(F)(F)C(F)(F)F)nc3ccccc23)c(C)c1. The molecule has 1 heterocycles. The van der Waals surface area contributed by atoms with Crippen LogP contribution in [0.2, 0.25) is 0 Å². The fraction of sp³-hybridized carbons (Fsp3) is 0.300. The van der Waals surface area contributed by atoms with Gasteiger partial charge in [0.1, 0.15) is 5.75 Å². The van der Waals surface area contributed by atoms with E-state index in [1.165, 1.54) is 30.6 Å². The van der Waals surface area contributed by atoms with E-state index in [2.05, 4.69) is 15.3 Å². The molecule has 2 amide bonds. The van der Waals surface area contributed by atoms with Gasteiger partial charge in [-0.1, -0.05) is 42.0 Å². The number of hydrogen-bond acceptors (Lipinski definition) is 5. The second kappa shape index (κ2) is 14.4. The van der Waals surface area contributed by atoms with E-state index in [-0.39, 0.29) is 0 Å². The molecule has 3 aromatic rings. The van der Waals surface area contributed by atoms with Crippen molar-refractivity contribution in [3.63, 3.8) is 0 Å². The number of nitrogens with one attached hydrogen (secondary N) is 3. The van der Waals surface area contributed by atoms with Crippen LogP contribution in [0.25, 0.3) is 10.9 Å². The van der Waals surface area contributed by atoms with Crippen molar-refractivity contribution in [1.82, 2.24) is 20.7 Å². The molecule has 1 aromatic heterocycles. The number of halogens is 15. The number of hydrazine groups is 1. The van der Waals surface area contributed by atoms with Gasteiger partial charge < -0.3 is 10.1 Å². The summed E-state index contributed by atoms with van der Waals surface area (Å²) in [6.07, 6.45) is 0.210. The lowest BCUT2D eigenvalue weighted by atomic mass is 9.90. The Bertz CT molecular complexity index is 1860. The van der Waals surface area contributed by atoms with Gasteiger partial charge in [-0.2, -0.15) is 65.9 Å². The second-order valence-electron chi connectivity index (χ2n) is 10.5. The molecule has 0 saturated carbocycles. The van der Waals surface area contributed by atoms with Gasteiger partial charge in [-0.25, -0.2) is 14.8 Å². The van der Waals surface area contributed by atoms with Crippen LogP contribution in [-0.2, 0) is 5.92 Å². The van der Waals surface area contributed by atoms with E-state index in [0.717, 1.165) is 41.6 Å².